The number of hydrogen-bond acceptors (Lipinski definition) is 7. The van der Waals surface area contributed by atoms with Gasteiger partial charge in [-0.25, -0.2) is 4.79 Å². The molecule has 1 aromatic carbocycles. The monoisotopic (exact) mass is 481 g/mol. The second-order valence-electron chi connectivity index (χ2n) is 6.34. The van der Waals surface area contributed by atoms with Crippen LogP contribution in [0.25, 0.3) is 0 Å². The lowest BCUT2D eigenvalue weighted by Crippen LogP contribution is -2.29. The largest absolute Gasteiger partial charge is 0.465 e. The molecule has 0 spiro atoms. The first-order chi connectivity index (χ1) is 13.8. The molecule has 3 rings (SSSR count). The number of amides is 1. The van der Waals surface area contributed by atoms with Crippen LogP contribution in [-0.2, 0) is 9.47 Å². The van der Waals surface area contributed by atoms with Gasteiger partial charge < -0.3 is 20.5 Å². The van der Waals surface area contributed by atoms with Crippen LogP contribution in [0.1, 0.15) is 33.2 Å². The number of hydrogen-bond donors (Lipinski definition) is 2. The number of ether oxygens (including phenoxy) is 2. The molecule has 0 bridgehead atoms. The molecule has 3 N–H and O–H groups in total. The van der Waals surface area contributed by atoms with Crippen LogP contribution in [0.5, 0.6) is 0 Å². The fourth-order valence-corrected chi connectivity index (χ4v) is 3.63. The Hall–Kier alpha value is -2.61. The Bertz CT molecular complexity index is 1000. The van der Waals surface area contributed by atoms with E-state index in [9.17, 15) is 14.9 Å². The first-order valence-electron chi connectivity index (χ1n) is 8.56. The summed E-state index contributed by atoms with van der Waals surface area (Å²) >= 11 is 9.44. The van der Waals surface area contributed by atoms with Crippen molar-refractivity contribution in [1.82, 2.24) is 9.78 Å². The van der Waals surface area contributed by atoms with Gasteiger partial charge in [0, 0.05) is 18.5 Å². The lowest BCUT2D eigenvalue weighted by atomic mass is 9.97. The number of carbonyl (C=O) groups is 2. The molecule has 2 heterocycles. The quantitative estimate of drug-likeness (QED) is 0.626. The zero-order valence-electron chi connectivity index (χ0n) is 15.3. The number of methoxy groups -OCH3 is 1. The van der Waals surface area contributed by atoms with Crippen LogP contribution in [0.4, 0.5) is 11.5 Å². The van der Waals surface area contributed by atoms with E-state index in [2.05, 4.69) is 32.4 Å². The topological polar surface area (TPSA) is 132 Å². The molecule has 1 aliphatic heterocycles. The molecule has 152 valence electrons. The number of primary amides is 1. The molecule has 9 nitrogen and oxygen atoms in total. The van der Waals surface area contributed by atoms with E-state index in [1.54, 1.807) is 6.07 Å². The molecule has 2 atom stereocenters. The molecule has 1 fully saturated rings. The van der Waals surface area contributed by atoms with Crippen LogP contribution in [-0.4, -0.2) is 42.0 Å². The summed E-state index contributed by atoms with van der Waals surface area (Å²) in [6, 6.07) is 4.97. The van der Waals surface area contributed by atoms with E-state index in [1.165, 1.54) is 24.1 Å². The van der Waals surface area contributed by atoms with Crippen molar-refractivity contribution < 1.29 is 19.1 Å². The van der Waals surface area contributed by atoms with Crippen molar-refractivity contribution in [2.24, 2.45) is 11.7 Å². The molecule has 2 aromatic rings. The second-order valence-corrected chi connectivity index (χ2v) is 7.54. The van der Waals surface area contributed by atoms with Gasteiger partial charge in [-0.1, -0.05) is 11.6 Å². The number of nitrogens with zero attached hydrogens (tertiary/aromatic N) is 3. The number of rotatable bonds is 5. The van der Waals surface area contributed by atoms with E-state index in [0.29, 0.717) is 29.8 Å². The zero-order valence-corrected chi connectivity index (χ0v) is 17.7. The summed E-state index contributed by atoms with van der Waals surface area (Å²) in [7, 11) is 1.26. The molecular weight excluding hydrogens is 466 g/mol. The van der Waals surface area contributed by atoms with Crippen molar-refractivity contribution in [3.05, 3.63) is 39.0 Å². The number of esters is 1. The van der Waals surface area contributed by atoms with Crippen LogP contribution in [0, 0.1) is 17.2 Å². The van der Waals surface area contributed by atoms with Gasteiger partial charge in [0.2, 0.25) is 0 Å². The molecule has 0 radical (unpaired) electrons. The Morgan fingerprint density at radius 1 is 1.48 bits per heavy atom. The Balaban J connectivity index is 1.98. The van der Waals surface area contributed by atoms with Gasteiger partial charge in [0.1, 0.15) is 5.56 Å². The highest BCUT2D eigenvalue weighted by Gasteiger charge is 2.29. The summed E-state index contributed by atoms with van der Waals surface area (Å²) in [6.07, 6.45) is 2.05. The number of nitrogens with two attached hydrogens (primary N) is 1. The first-order valence-corrected chi connectivity index (χ1v) is 9.73. The summed E-state index contributed by atoms with van der Waals surface area (Å²) in [5.74, 6) is -1.40. The van der Waals surface area contributed by atoms with E-state index >= 15 is 0 Å². The smallest absolute Gasteiger partial charge is 0.339 e. The van der Waals surface area contributed by atoms with E-state index in [-0.39, 0.29) is 33.9 Å². The fourth-order valence-electron chi connectivity index (χ4n) is 3.02. The van der Waals surface area contributed by atoms with E-state index < -0.39 is 11.9 Å². The Morgan fingerprint density at radius 3 is 2.90 bits per heavy atom. The van der Waals surface area contributed by atoms with Gasteiger partial charge in [-0.2, -0.15) is 10.4 Å². The van der Waals surface area contributed by atoms with Crippen molar-refractivity contribution in [3.63, 3.8) is 0 Å². The van der Waals surface area contributed by atoms with Gasteiger partial charge in [-0.05, 0) is 34.5 Å². The minimum Gasteiger partial charge on any atom is -0.465 e. The molecule has 1 amide bonds. The molecule has 29 heavy (non-hydrogen) atoms. The van der Waals surface area contributed by atoms with E-state index in [4.69, 9.17) is 26.8 Å². The van der Waals surface area contributed by atoms with Gasteiger partial charge in [-0.3, -0.25) is 9.48 Å². The maximum absolute atomic E-state index is 12.0. The molecule has 0 aliphatic carbocycles. The lowest BCUT2D eigenvalue weighted by Gasteiger charge is -2.26. The summed E-state index contributed by atoms with van der Waals surface area (Å²) in [4.78, 5) is 23.9. The predicted octanol–water partition coefficient (Wildman–Crippen LogP) is 3.03. The normalized spacial score (nSPS) is 18.7. The Morgan fingerprint density at radius 2 is 2.24 bits per heavy atom. The SMILES string of the molecule is COC(=O)c1cc(Nc2nn(C3COCC[C@@H]3C#N)cc2C(N)=O)cc(Cl)c1Br. The third-order valence-electron chi connectivity index (χ3n) is 4.53. The number of benzene rings is 1. The predicted molar refractivity (Wildman–Crippen MR) is 108 cm³/mol. The Kier molecular flexibility index (Phi) is 6.42. The molecule has 1 unspecified atom stereocenters. The summed E-state index contributed by atoms with van der Waals surface area (Å²) in [6.45, 7) is 0.797. The number of carbonyl (C=O) groups excluding carboxylic acids is 2. The minimum absolute atomic E-state index is 0.130. The standard InChI is InChI=1S/C18H17BrClN5O4/c1-28-18(27)11-4-10(5-13(20)15(11)19)23-17-12(16(22)26)7-25(24-17)14-8-29-3-2-9(14)6-21/h4-5,7,9,14H,2-3,8H2,1H3,(H2,22,26)(H,23,24)/t9-,14?/m1/s1. The second kappa shape index (κ2) is 8.82. The third kappa shape index (κ3) is 4.37. The highest BCUT2D eigenvalue weighted by atomic mass is 79.9. The van der Waals surface area contributed by atoms with Gasteiger partial charge in [-0.15, -0.1) is 0 Å². The van der Waals surface area contributed by atoms with Crippen LogP contribution in [0.15, 0.2) is 22.8 Å². The minimum atomic E-state index is -0.694. The van der Waals surface area contributed by atoms with Crippen molar-refractivity contribution in [1.29, 1.82) is 5.26 Å². The Labute approximate surface area is 179 Å². The van der Waals surface area contributed by atoms with Crippen LogP contribution >= 0.6 is 27.5 Å². The summed E-state index contributed by atoms with van der Waals surface area (Å²) < 4.78 is 12.1. The van der Waals surface area contributed by atoms with Crippen LogP contribution < -0.4 is 11.1 Å². The van der Waals surface area contributed by atoms with Gasteiger partial charge in [0.25, 0.3) is 5.91 Å². The highest BCUT2D eigenvalue weighted by molar-refractivity contribution is 9.10. The molecule has 1 aliphatic rings. The number of aromatic nitrogens is 2. The van der Waals surface area contributed by atoms with Crippen molar-refractivity contribution >= 4 is 50.9 Å². The zero-order chi connectivity index (χ0) is 21.1. The highest BCUT2D eigenvalue weighted by Crippen LogP contribution is 2.33. The number of nitrogens with one attached hydrogen (secondary N) is 1. The average molecular weight is 483 g/mol. The molecule has 1 saturated heterocycles. The summed E-state index contributed by atoms with van der Waals surface area (Å²) in [5.41, 5.74) is 6.23. The first kappa shape index (κ1) is 21.1. The average Bonchev–Trinajstić information content (AvgIpc) is 3.13. The van der Waals surface area contributed by atoms with Crippen LogP contribution in [0.2, 0.25) is 5.02 Å². The van der Waals surface area contributed by atoms with Gasteiger partial charge in [0.15, 0.2) is 5.82 Å². The maximum atomic E-state index is 12.0. The molecule has 1 aromatic heterocycles. The number of nitriles is 1. The van der Waals surface area contributed by atoms with E-state index in [1.807, 2.05) is 0 Å². The lowest BCUT2D eigenvalue weighted by molar-refractivity contribution is 0.0342. The molecule has 11 heteroatoms. The van der Waals surface area contributed by atoms with Gasteiger partial charge >= 0.3 is 5.97 Å². The van der Waals surface area contributed by atoms with Crippen molar-refractivity contribution in [2.45, 2.75) is 12.5 Å². The number of anilines is 2. The molecular formula is C18H17BrClN5O4. The maximum Gasteiger partial charge on any atom is 0.339 e. The summed E-state index contributed by atoms with van der Waals surface area (Å²) in [5, 5.41) is 17.0. The van der Waals surface area contributed by atoms with Crippen molar-refractivity contribution in [3.8, 4) is 6.07 Å². The third-order valence-corrected chi connectivity index (χ3v) is 5.91. The van der Waals surface area contributed by atoms with Crippen LogP contribution in [0.3, 0.4) is 0 Å². The molecule has 0 saturated carbocycles. The number of halogens is 2. The fraction of sp³-hybridized carbons (Fsp3) is 0.333. The van der Waals surface area contributed by atoms with E-state index in [0.717, 1.165) is 0 Å². The van der Waals surface area contributed by atoms with Crippen molar-refractivity contribution in [2.75, 3.05) is 25.6 Å². The van der Waals surface area contributed by atoms with Gasteiger partial charge in [0.05, 0.1) is 46.8 Å².